The van der Waals surface area contributed by atoms with Crippen LogP contribution >= 0.6 is 0 Å². The molecule has 1 N–H and O–H groups in total. The number of hydrogen-bond acceptors (Lipinski definition) is 4. The van der Waals surface area contributed by atoms with Gasteiger partial charge in [-0.1, -0.05) is 0 Å². The molecule has 1 saturated heterocycles. The van der Waals surface area contributed by atoms with Crippen LogP contribution < -0.4 is 0 Å². The van der Waals surface area contributed by atoms with Gasteiger partial charge in [0.05, 0.1) is 11.8 Å². The van der Waals surface area contributed by atoms with Crippen LogP contribution in [0.15, 0.2) is 12.3 Å². The monoisotopic (exact) mass is 165 g/mol. The smallest absolute Gasteiger partial charge is 0.188 e. The molecule has 62 valence electrons. The van der Waals surface area contributed by atoms with E-state index >= 15 is 0 Å². The first-order valence-electron chi connectivity index (χ1n) is 3.55. The molecular formula is C7H7N3O2. The SMILES string of the molecule is N#CCn1nccc1C1OC1O. The molecule has 0 radical (unpaired) electrons. The summed E-state index contributed by atoms with van der Waals surface area (Å²) < 4.78 is 6.35. The fourth-order valence-corrected chi connectivity index (χ4v) is 1.10. The Morgan fingerprint density at radius 2 is 2.58 bits per heavy atom. The highest BCUT2D eigenvalue weighted by Gasteiger charge is 2.40. The molecule has 2 heterocycles. The van der Waals surface area contributed by atoms with Crippen molar-refractivity contribution in [1.82, 2.24) is 9.78 Å². The van der Waals surface area contributed by atoms with Gasteiger partial charge in [-0.05, 0) is 6.07 Å². The second-order valence-corrected chi connectivity index (χ2v) is 2.52. The molecule has 1 aromatic heterocycles. The number of hydrogen-bond donors (Lipinski definition) is 1. The topological polar surface area (TPSA) is 74.4 Å². The first kappa shape index (κ1) is 7.28. The molecule has 1 fully saturated rings. The van der Waals surface area contributed by atoms with Gasteiger partial charge in [-0.3, -0.25) is 4.68 Å². The third kappa shape index (κ3) is 1.07. The van der Waals surface area contributed by atoms with Crippen molar-refractivity contribution in [3.05, 3.63) is 18.0 Å². The fourth-order valence-electron chi connectivity index (χ4n) is 1.10. The molecule has 5 nitrogen and oxygen atoms in total. The van der Waals surface area contributed by atoms with Crippen molar-refractivity contribution >= 4 is 0 Å². The van der Waals surface area contributed by atoms with E-state index in [0.717, 1.165) is 5.69 Å². The van der Waals surface area contributed by atoms with Gasteiger partial charge < -0.3 is 9.84 Å². The summed E-state index contributed by atoms with van der Waals surface area (Å²) in [6, 6.07) is 3.71. The average Bonchev–Trinajstić information content (AvgIpc) is 2.62. The summed E-state index contributed by atoms with van der Waals surface area (Å²) in [6.07, 6.45) is 0.571. The molecule has 1 aliphatic heterocycles. The predicted octanol–water partition coefficient (Wildman–Crippen LogP) is -0.204. The Balaban J connectivity index is 2.21. The lowest BCUT2D eigenvalue weighted by Gasteiger charge is -1.97. The zero-order valence-electron chi connectivity index (χ0n) is 6.21. The van der Waals surface area contributed by atoms with Crippen LogP contribution in [0.4, 0.5) is 0 Å². The lowest BCUT2D eigenvalue weighted by atomic mass is 10.3. The lowest BCUT2D eigenvalue weighted by Crippen LogP contribution is -2.03. The summed E-state index contributed by atoms with van der Waals surface area (Å²) in [7, 11) is 0. The van der Waals surface area contributed by atoms with Gasteiger partial charge in [-0.2, -0.15) is 10.4 Å². The van der Waals surface area contributed by atoms with Crippen LogP contribution in [0.5, 0.6) is 0 Å². The van der Waals surface area contributed by atoms with Gasteiger partial charge in [-0.15, -0.1) is 0 Å². The molecule has 2 atom stereocenters. The van der Waals surface area contributed by atoms with Crippen LogP contribution in [-0.4, -0.2) is 21.2 Å². The fraction of sp³-hybridized carbons (Fsp3) is 0.429. The van der Waals surface area contributed by atoms with Gasteiger partial charge in [-0.25, -0.2) is 0 Å². The van der Waals surface area contributed by atoms with E-state index in [-0.39, 0.29) is 12.6 Å². The van der Waals surface area contributed by atoms with E-state index in [1.807, 2.05) is 6.07 Å². The molecule has 5 heteroatoms. The highest BCUT2D eigenvalue weighted by Crippen LogP contribution is 2.36. The number of nitriles is 1. The van der Waals surface area contributed by atoms with Crippen LogP contribution in [0.3, 0.4) is 0 Å². The molecule has 0 spiro atoms. The lowest BCUT2D eigenvalue weighted by molar-refractivity contribution is 0.156. The average molecular weight is 165 g/mol. The Kier molecular flexibility index (Phi) is 1.57. The number of aliphatic hydroxyl groups excluding tert-OH is 1. The molecule has 2 rings (SSSR count). The van der Waals surface area contributed by atoms with Crippen molar-refractivity contribution in [2.45, 2.75) is 18.9 Å². The van der Waals surface area contributed by atoms with E-state index in [1.54, 1.807) is 12.3 Å². The first-order valence-corrected chi connectivity index (χ1v) is 3.55. The predicted molar refractivity (Wildman–Crippen MR) is 37.7 cm³/mol. The molecule has 12 heavy (non-hydrogen) atoms. The number of ether oxygens (including phenoxy) is 1. The summed E-state index contributed by atoms with van der Waals surface area (Å²) in [5, 5.41) is 21.3. The summed E-state index contributed by atoms with van der Waals surface area (Å²) in [5.41, 5.74) is 0.754. The van der Waals surface area contributed by atoms with Crippen molar-refractivity contribution in [2.24, 2.45) is 0 Å². The van der Waals surface area contributed by atoms with Crippen LogP contribution in [0, 0.1) is 11.3 Å². The van der Waals surface area contributed by atoms with E-state index in [1.165, 1.54) is 4.68 Å². The second-order valence-electron chi connectivity index (χ2n) is 2.52. The van der Waals surface area contributed by atoms with Gasteiger partial charge in [0.25, 0.3) is 0 Å². The minimum absolute atomic E-state index is 0.189. The van der Waals surface area contributed by atoms with Gasteiger partial charge in [0, 0.05) is 6.20 Å². The number of aliphatic hydroxyl groups is 1. The Bertz CT molecular complexity index is 328. The third-order valence-corrected chi connectivity index (χ3v) is 1.73. The van der Waals surface area contributed by atoms with Crippen LogP contribution in [0.1, 0.15) is 11.8 Å². The molecule has 0 bridgehead atoms. The van der Waals surface area contributed by atoms with Crippen LogP contribution in [0.25, 0.3) is 0 Å². The normalized spacial score (nSPS) is 26.7. The van der Waals surface area contributed by atoms with E-state index < -0.39 is 6.29 Å². The van der Waals surface area contributed by atoms with Crippen LogP contribution in [-0.2, 0) is 11.3 Å². The van der Waals surface area contributed by atoms with Gasteiger partial charge in [0.15, 0.2) is 12.4 Å². The summed E-state index contributed by atoms with van der Waals surface area (Å²) in [5.74, 6) is 0. The quantitative estimate of drug-likeness (QED) is 0.615. The van der Waals surface area contributed by atoms with Crippen molar-refractivity contribution < 1.29 is 9.84 Å². The van der Waals surface area contributed by atoms with Crippen molar-refractivity contribution in [3.8, 4) is 6.07 Å². The van der Waals surface area contributed by atoms with E-state index in [4.69, 9.17) is 15.1 Å². The Morgan fingerprint density at radius 1 is 1.83 bits per heavy atom. The Hall–Kier alpha value is -1.38. The molecule has 2 unspecified atom stereocenters. The molecular weight excluding hydrogens is 158 g/mol. The van der Waals surface area contributed by atoms with E-state index in [9.17, 15) is 0 Å². The summed E-state index contributed by atoms with van der Waals surface area (Å²) in [4.78, 5) is 0. The molecule has 1 aliphatic rings. The Morgan fingerprint density at radius 3 is 3.17 bits per heavy atom. The number of epoxide rings is 1. The summed E-state index contributed by atoms with van der Waals surface area (Å²) >= 11 is 0. The highest BCUT2D eigenvalue weighted by molar-refractivity contribution is 5.11. The van der Waals surface area contributed by atoms with Crippen molar-refractivity contribution in [3.63, 3.8) is 0 Å². The minimum Gasteiger partial charge on any atom is -0.365 e. The highest BCUT2D eigenvalue weighted by atomic mass is 16.7. The number of rotatable bonds is 2. The zero-order chi connectivity index (χ0) is 8.55. The van der Waals surface area contributed by atoms with Gasteiger partial charge in [0.2, 0.25) is 0 Å². The molecule has 0 aliphatic carbocycles. The van der Waals surface area contributed by atoms with Crippen LogP contribution in [0.2, 0.25) is 0 Å². The second kappa shape index (κ2) is 2.59. The van der Waals surface area contributed by atoms with Gasteiger partial charge in [0.1, 0.15) is 6.54 Å². The van der Waals surface area contributed by atoms with E-state index in [2.05, 4.69) is 5.10 Å². The maximum Gasteiger partial charge on any atom is 0.188 e. The number of nitrogens with zero attached hydrogens (tertiary/aromatic N) is 3. The maximum atomic E-state index is 8.94. The first-order chi connectivity index (χ1) is 5.83. The number of aromatic nitrogens is 2. The zero-order valence-corrected chi connectivity index (χ0v) is 6.21. The van der Waals surface area contributed by atoms with E-state index in [0.29, 0.717) is 0 Å². The molecule has 0 saturated carbocycles. The Labute approximate surface area is 68.8 Å². The third-order valence-electron chi connectivity index (χ3n) is 1.73. The molecule has 1 aromatic rings. The van der Waals surface area contributed by atoms with Crippen molar-refractivity contribution in [1.29, 1.82) is 5.26 Å². The maximum absolute atomic E-state index is 8.94. The van der Waals surface area contributed by atoms with Gasteiger partial charge >= 0.3 is 0 Å². The summed E-state index contributed by atoms with van der Waals surface area (Å²) in [6.45, 7) is 0.189. The minimum atomic E-state index is -0.723. The molecule has 0 amide bonds. The largest absolute Gasteiger partial charge is 0.365 e. The van der Waals surface area contributed by atoms with Crippen molar-refractivity contribution in [2.75, 3.05) is 0 Å². The standard InChI is InChI=1S/C7H7N3O2/c8-2-4-10-5(1-3-9-10)6-7(11)12-6/h1,3,6-7,11H,4H2. The molecule has 0 aromatic carbocycles.